The SMILES string of the molecule is NC(=O)N1N=C(c2ccccc2)CC1/C=C/c1ccccc1. The third kappa shape index (κ3) is 3.06. The molecular weight excluding hydrogens is 274 g/mol. The summed E-state index contributed by atoms with van der Waals surface area (Å²) in [5.74, 6) is 0. The van der Waals surface area contributed by atoms with E-state index in [-0.39, 0.29) is 6.04 Å². The van der Waals surface area contributed by atoms with Crippen molar-refractivity contribution in [2.24, 2.45) is 10.8 Å². The quantitative estimate of drug-likeness (QED) is 0.927. The van der Waals surface area contributed by atoms with E-state index in [0.29, 0.717) is 6.42 Å². The number of carbonyl (C=O) groups is 1. The maximum Gasteiger partial charge on any atom is 0.335 e. The summed E-state index contributed by atoms with van der Waals surface area (Å²) in [6.07, 6.45) is 4.62. The third-order valence-electron chi connectivity index (χ3n) is 3.59. The van der Waals surface area contributed by atoms with Crippen molar-refractivity contribution >= 4 is 17.8 Å². The Hall–Kier alpha value is -2.88. The van der Waals surface area contributed by atoms with Gasteiger partial charge in [-0.3, -0.25) is 0 Å². The lowest BCUT2D eigenvalue weighted by atomic mass is 10.0. The lowest BCUT2D eigenvalue weighted by Crippen LogP contribution is -2.35. The number of amides is 2. The van der Waals surface area contributed by atoms with Gasteiger partial charge in [0.05, 0.1) is 11.8 Å². The number of nitrogens with two attached hydrogens (primary N) is 1. The summed E-state index contributed by atoms with van der Waals surface area (Å²) >= 11 is 0. The Morgan fingerprint density at radius 2 is 1.73 bits per heavy atom. The molecular formula is C18H17N3O. The monoisotopic (exact) mass is 291 g/mol. The maximum atomic E-state index is 11.6. The van der Waals surface area contributed by atoms with Crippen molar-refractivity contribution in [1.29, 1.82) is 0 Å². The van der Waals surface area contributed by atoms with Crippen molar-refractivity contribution in [1.82, 2.24) is 5.01 Å². The number of nitrogens with zero attached hydrogens (tertiary/aromatic N) is 2. The van der Waals surface area contributed by atoms with Gasteiger partial charge in [0.1, 0.15) is 0 Å². The Kier molecular flexibility index (Phi) is 4.01. The molecule has 0 bridgehead atoms. The highest BCUT2D eigenvalue weighted by molar-refractivity contribution is 6.03. The van der Waals surface area contributed by atoms with Crippen LogP contribution in [0.4, 0.5) is 4.79 Å². The van der Waals surface area contributed by atoms with E-state index < -0.39 is 6.03 Å². The highest BCUT2D eigenvalue weighted by Gasteiger charge is 2.28. The van der Waals surface area contributed by atoms with E-state index in [1.165, 1.54) is 5.01 Å². The van der Waals surface area contributed by atoms with Crippen LogP contribution < -0.4 is 5.73 Å². The average molecular weight is 291 g/mol. The van der Waals surface area contributed by atoms with Crippen molar-refractivity contribution in [3.05, 3.63) is 77.9 Å². The molecule has 2 N–H and O–H groups in total. The minimum Gasteiger partial charge on any atom is -0.350 e. The van der Waals surface area contributed by atoms with E-state index in [1.807, 2.05) is 72.8 Å². The summed E-state index contributed by atoms with van der Waals surface area (Å²) < 4.78 is 0. The Morgan fingerprint density at radius 1 is 1.09 bits per heavy atom. The van der Waals surface area contributed by atoms with Gasteiger partial charge in [0.15, 0.2) is 0 Å². The van der Waals surface area contributed by atoms with E-state index in [4.69, 9.17) is 5.73 Å². The molecule has 3 rings (SSSR count). The summed E-state index contributed by atoms with van der Waals surface area (Å²) in [5.41, 5.74) is 8.42. The van der Waals surface area contributed by atoms with Crippen molar-refractivity contribution in [2.75, 3.05) is 0 Å². The molecule has 110 valence electrons. The van der Waals surface area contributed by atoms with Crippen LogP contribution in [0.3, 0.4) is 0 Å². The van der Waals surface area contributed by atoms with Crippen molar-refractivity contribution < 1.29 is 4.79 Å². The number of hydrogen-bond acceptors (Lipinski definition) is 2. The Bertz CT molecular complexity index is 708. The minimum absolute atomic E-state index is 0.145. The van der Waals surface area contributed by atoms with Gasteiger partial charge in [-0.1, -0.05) is 72.8 Å². The van der Waals surface area contributed by atoms with Gasteiger partial charge in [-0.15, -0.1) is 0 Å². The van der Waals surface area contributed by atoms with Crippen LogP contribution in [0.25, 0.3) is 6.08 Å². The van der Waals surface area contributed by atoms with Crippen LogP contribution in [0, 0.1) is 0 Å². The normalized spacial score (nSPS) is 17.7. The van der Waals surface area contributed by atoms with Crippen LogP contribution in [0.2, 0.25) is 0 Å². The second-order valence-electron chi connectivity index (χ2n) is 5.14. The Balaban J connectivity index is 1.81. The average Bonchev–Trinajstić information content (AvgIpc) is 2.99. The van der Waals surface area contributed by atoms with E-state index in [1.54, 1.807) is 0 Å². The molecule has 2 amide bonds. The molecule has 0 radical (unpaired) electrons. The van der Waals surface area contributed by atoms with Crippen LogP contribution in [-0.4, -0.2) is 22.8 Å². The largest absolute Gasteiger partial charge is 0.350 e. The second-order valence-corrected chi connectivity index (χ2v) is 5.14. The highest BCUT2D eigenvalue weighted by Crippen LogP contribution is 2.21. The van der Waals surface area contributed by atoms with E-state index >= 15 is 0 Å². The van der Waals surface area contributed by atoms with Gasteiger partial charge in [-0.2, -0.15) is 5.10 Å². The number of benzene rings is 2. The molecule has 0 saturated carbocycles. The first-order valence-corrected chi connectivity index (χ1v) is 7.19. The summed E-state index contributed by atoms with van der Waals surface area (Å²) in [6.45, 7) is 0. The zero-order valence-corrected chi connectivity index (χ0v) is 12.1. The van der Waals surface area contributed by atoms with Gasteiger partial charge in [-0.05, 0) is 11.1 Å². The molecule has 0 aromatic heterocycles. The van der Waals surface area contributed by atoms with Crippen molar-refractivity contribution in [3.63, 3.8) is 0 Å². The second kappa shape index (κ2) is 6.26. The molecule has 0 aliphatic carbocycles. The standard InChI is InChI=1S/C18H17N3O/c19-18(22)21-16(12-11-14-7-3-1-4-8-14)13-17(20-21)15-9-5-2-6-10-15/h1-12,16H,13H2,(H2,19,22)/b12-11+. The first-order chi connectivity index (χ1) is 10.7. The zero-order chi connectivity index (χ0) is 15.4. The van der Waals surface area contributed by atoms with Gasteiger partial charge in [0.2, 0.25) is 0 Å². The lowest BCUT2D eigenvalue weighted by Gasteiger charge is -2.15. The number of rotatable bonds is 3. The first-order valence-electron chi connectivity index (χ1n) is 7.19. The zero-order valence-electron chi connectivity index (χ0n) is 12.1. The highest BCUT2D eigenvalue weighted by atomic mass is 16.2. The van der Waals surface area contributed by atoms with E-state index in [2.05, 4.69) is 5.10 Å². The first kappa shape index (κ1) is 14.1. The fraction of sp³-hybridized carbons (Fsp3) is 0.111. The maximum absolute atomic E-state index is 11.6. The molecule has 1 atom stereocenters. The fourth-order valence-corrected chi connectivity index (χ4v) is 2.48. The van der Waals surface area contributed by atoms with Crippen molar-refractivity contribution in [2.45, 2.75) is 12.5 Å². The fourth-order valence-electron chi connectivity index (χ4n) is 2.48. The van der Waals surface area contributed by atoms with Gasteiger partial charge >= 0.3 is 6.03 Å². The third-order valence-corrected chi connectivity index (χ3v) is 3.59. The predicted molar refractivity (Wildman–Crippen MR) is 88.3 cm³/mol. The van der Waals surface area contributed by atoms with Gasteiger partial charge in [-0.25, -0.2) is 9.80 Å². The van der Waals surface area contributed by atoms with E-state index in [9.17, 15) is 4.79 Å². The van der Waals surface area contributed by atoms with Crippen LogP contribution in [0.15, 0.2) is 71.8 Å². The lowest BCUT2D eigenvalue weighted by molar-refractivity contribution is 0.205. The summed E-state index contributed by atoms with van der Waals surface area (Å²) in [5, 5.41) is 5.72. The molecule has 22 heavy (non-hydrogen) atoms. The van der Waals surface area contributed by atoms with Crippen LogP contribution in [-0.2, 0) is 0 Å². The Morgan fingerprint density at radius 3 is 2.36 bits per heavy atom. The Labute approximate surface area is 129 Å². The van der Waals surface area contributed by atoms with Gasteiger partial charge < -0.3 is 5.73 Å². The molecule has 4 nitrogen and oxygen atoms in total. The number of urea groups is 1. The van der Waals surface area contributed by atoms with Crippen molar-refractivity contribution in [3.8, 4) is 0 Å². The molecule has 4 heteroatoms. The molecule has 0 saturated heterocycles. The number of hydrazone groups is 1. The molecule has 0 fully saturated rings. The van der Waals surface area contributed by atoms with Gasteiger partial charge in [0.25, 0.3) is 0 Å². The summed E-state index contributed by atoms with van der Waals surface area (Å²) in [7, 11) is 0. The molecule has 1 unspecified atom stereocenters. The smallest absolute Gasteiger partial charge is 0.335 e. The van der Waals surface area contributed by atoms with Crippen LogP contribution in [0.5, 0.6) is 0 Å². The number of hydrogen-bond donors (Lipinski definition) is 1. The summed E-state index contributed by atoms with van der Waals surface area (Å²) in [4.78, 5) is 11.6. The molecule has 0 spiro atoms. The molecule has 1 aliphatic heterocycles. The minimum atomic E-state index is -0.534. The topological polar surface area (TPSA) is 58.7 Å². The summed E-state index contributed by atoms with van der Waals surface area (Å²) in [6, 6.07) is 19.1. The number of carbonyl (C=O) groups excluding carboxylic acids is 1. The van der Waals surface area contributed by atoms with Gasteiger partial charge in [0, 0.05) is 6.42 Å². The molecule has 2 aromatic carbocycles. The van der Waals surface area contributed by atoms with Crippen LogP contribution in [0.1, 0.15) is 17.5 Å². The molecule has 1 aliphatic rings. The molecule has 2 aromatic rings. The van der Waals surface area contributed by atoms with E-state index in [0.717, 1.165) is 16.8 Å². The number of primary amides is 1. The molecule has 1 heterocycles. The van der Waals surface area contributed by atoms with Crippen LogP contribution >= 0.6 is 0 Å². The predicted octanol–water partition coefficient (Wildman–Crippen LogP) is 3.26.